The first-order valence-electron chi connectivity index (χ1n) is 6.60. The molecule has 0 unspecified atom stereocenters. The fraction of sp³-hybridized carbons (Fsp3) is 0.278. The molecule has 0 saturated carbocycles. The lowest BCUT2D eigenvalue weighted by atomic mass is 9.89. The van der Waals surface area contributed by atoms with Crippen molar-refractivity contribution in [2.75, 3.05) is 0 Å². The molecule has 0 saturated heterocycles. The van der Waals surface area contributed by atoms with Crippen molar-refractivity contribution in [3.05, 3.63) is 69.3 Å². The monoisotopic (exact) mass is 252 g/mol. The van der Waals surface area contributed by atoms with Crippen LogP contribution in [0.2, 0.25) is 0 Å². The maximum Gasteiger partial charge on any atom is 0.194 e. The number of hydrogen-bond donors (Lipinski definition) is 0. The lowest BCUT2D eigenvalue weighted by Crippen LogP contribution is -2.10. The largest absolute Gasteiger partial charge is 0.289 e. The number of benzene rings is 2. The van der Waals surface area contributed by atoms with Gasteiger partial charge in [-0.1, -0.05) is 35.9 Å². The second kappa shape index (κ2) is 5.00. The molecule has 1 heteroatoms. The first-order valence-corrected chi connectivity index (χ1v) is 6.60. The number of carbonyl (C=O) groups is 1. The van der Waals surface area contributed by atoms with E-state index in [1.165, 1.54) is 5.56 Å². The Hall–Kier alpha value is -1.89. The normalized spacial score (nSPS) is 10.6. The molecule has 0 atom stereocenters. The van der Waals surface area contributed by atoms with Gasteiger partial charge in [-0.15, -0.1) is 0 Å². The molecule has 98 valence electrons. The average molecular weight is 252 g/mol. The van der Waals surface area contributed by atoms with Gasteiger partial charge in [-0.25, -0.2) is 0 Å². The van der Waals surface area contributed by atoms with E-state index in [0.29, 0.717) is 0 Å². The summed E-state index contributed by atoms with van der Waals surface area (Å²) in [6, 6.07) is 10.1. The van der Waals surface area contributed by atoms with Gasteiger partial charge in [0.25, 0.3) is 0 Å². The molecule has 0 N–H and O–H groups in total. The Morgan fingerprint density at radius 3 is 1.63 bits per heavy atom. The van der Waals surface area contributed by atoms with Gasteiger partial charge in [-0.2, -0.15) is 0 Å². The second-order valence-corrected chi connectivity index (χ2v) is 5.37. The molecule has 2 aromatic carbocycles. The number of rotatable bonds is 2. The molecule has 1 nitrogen and oxygen atoms in total. The summed E-state index contributed by atoms with van der Waals surface area (Å²) in [5.74, 6) is 0.144. The number of aryl methyl sites for hydroxylation is 5. The topological polar surface area (TPSA) is 17.1 Å². The molecule has 0 aliphatic heterocycles. The van der Waals surface area contributed by atoms with Gasteiger partial charge in [0.1, 0.15) is 0 Å². The van der Waals surface area contributed by atoms with Crippen LogP contribution in [0, 0.1) is 34.6 Å². The summed E-state index contributed by atoms with van der Waals surface area (Å²) in [6.45, 7) is 10.1. The Kier molecular flexibility index (Phi) is 3.57. The van der Waals surface area contributed by atoms with Crippen LogP contribution < -0.4 is 0 Å². The van der Waals surface area contributed by atoms with E-state index in [1.807, 2.05) is 45.9 Å². The number of carbonyl (C=O) groups excluding carboxylic acids is 1. The molecule has 0 amide bonds. The van der Waals surface area contributed by atoms with Crippen LogP contribution in [0.5, 0.6) is 0 Å². The summed E-state index contributed by atoms with van der Waals surface area (Å²) in [5, 5.41) is 0. The molecule has 0 fully saturated rings. The molecule has 0 radical (unpaired) electrons. The quantitative estimate of drug-likeness (QED) is 0.721. The third-order valence-electron chi connectivity index (χ3n) is 3.61. The van der Waals surface area contributed by atoms with Crippen LogP contribution in [0.4, 0.5) is 0 Å². The van der Waals surface area contributed by atoms with E-state index in [1.54, 1.807) is 0 Å². The summed E-state index contributed by atoms with van der Waals surface area (Å²) in [5.41, 5.74) is 7.11. The van der Waals surface area contributed by atoms with Crippen molar-refractivity contribution in [3.63, 3.8) is 0 Å². The molecule has 2 aromatic rings. The van der Waals surface area contributed by atoms with E-state index in [9.17, 15) is 4.79 Å². The lowest BCUT2D eigenvalue weighted by Gasteiger charge is -2.13. The zero-order valence-electron chi connectivity index (χ0n) is 12.3. The van der Waals surface area contributed by atoms with Gasteiger partial charge in [0.05, 0.1) is 0 Å². The Morgan fingerprint density at radius 1 is 0.737 bits per heavy atom. The standard InChI is InChI=1S/C18H20O/c1-11-9-14(4)17(15(5)10-11)18(19)16-12(2)7-6-8-13(16)3/h6-10H,1-5H3. The number of hydrogen-bond acceptors (Lipinski definition) is 1. The molecule has 0 heterocycles. The molecule has 0 aromatic heterocycles. The van der Waals surface area contributed by atoms with Gasteiger partial charge in [0.15, 0.2) is 5.78 Å². The van der Waals surface area contributed by atoms with E-state index < -0.39 is 0 Å². The minimum atomic E-state index is 0.144. The van der Waals surface area contributed by atoms with Crippen LogP contribution in [-0.2, 0) is 0 Å². The molecule has 0 spiro atoms. The van der Waals surface area contributed by atoms with Crippen molar-refractivity contribution in [2.45, 2.75) is 34.6 Å². The van der Waals surface area contributed by atoms with Crippen molar-refractivity contribution >= 4 is 5.78 Å². The fourth-order valence-corrected chi connectivity index (χ4v) is 2.84. The highest BCUT2D eigenvalue weighted by molar-refractivity contribution is 6.12. The molecule has 0 aliphatic rings. The van der Waals surface area contributed by atoms with E-state index in [2.05, 4.69) is 19.1 Å². The third kappa shape index (κ3) is 2.46. The molecule has 0 bridgehead atoms. The highest BCUT2D eigenvalue weighted by Crippen LogP contribution is 2.23. The highest BCUT2D eigenvalue weighted by Gasteiger charge is 2.18. The Balaban J connectivity index is 2.64. The fourth-order valence-electron chi connectivity index (χ4n) is 2.84. The second-order valence-electron chi connectivity index (χ2n) is 5.37. The van der Waals surface area contributed by atoms with Crippen LogP contribution in [-0.4, -0.2) is 5.78 Å². The molecule has 19 heavy (non-hydrogen) atoms. The van der Waals surface area contributed by atoms with Gasteiger partial charge in [0, 0.05) is 11.1 Å². The lowest BCUT2D eigenvalue weighted by molar-refractivity contribution is 0.103. The summed E-state index contributed by atoms with van der Waals surface area (Å²) in [7, 11) is 0. The van der Waals surface area contributed by atoms with Crippen LogP contribution in [0.15, 0.2) is 30.3 Å². The SMILES string of the molecule is Cc1cc(C)c(C(=O)c2c(C)cccc2C)c(C)c1. The van der Waals surface area contributed by atoms with Gasteiger partial charge >= 0.3 is 0 Å². The van der Waals surface area contributed by atoms with Crippen molar-refractivity contribution in [1.29, 1.82) is 0 Å². The number of ketones is 1. The molecular weight excluding hydrogens is 232 g/mol. The van der Waals surface area contributed by atoms with Gasteiger partial charge in [-0.3, -0.25) is 4.79 Å². The molecule has 2 rings (SSSR count). The minimum absolute atomic E-state index is 0.144. The summed E-state index contributed by atoms with van der Waals surface area (Å²) < 4.78 is 0. The first kappa shape index (κ1) is 13.5. The predicted molar refractivity (Wildman–Crippen MR) is 80.0 cm³/mol. The summed E-state index contributed by atoms with van der Waals surface area (Å²) >= 11 is 0. The average Bonchev–Trinajstić information content (AvgIpc) is 2.26. The van der Waals surface area contributed by atoms with E-state index >= 15 is 0 Å². The maximum atomic E-state index is 12.8. The Labute approximate surface area is 115 Å². The first-order chi connectivity index (χ1) is 8.91. The van der Waals surface area contributed by atoms with Crippen molar-refractivity contribution < 1.29 is 4.79 Å². The smallest absolute Gasteiger partial charge is 0.194 e. The van der Waals surface area contributed by atoms with Crippen LogP contribution >= 0.6 is 0 Å². The highest BCUT2D eigenvalue weighted by atomic mass is 16.1. The van der Waals surface area contributed by atoms with E-state index in [4.69, 9.17) is 0 Å². The minimum Gasteiger partial charge on any atom is -0.289 e. The van der Waals surface area contributed by atoms with Crippen LogP contribution in [0.25, 0.3) is 0 Å². The zero-order valence-corrected chi connectivity index (χ0v) is 12.3. The van der Waals surface area contributed by atoms with E-state index in [0.717, 1.165) is 33.4 Å². The Morgan fingerprint density at radius 2 is 1.16 bits per heavy atom. The van der Waals surface area contributed by atoms with Crippen molar-refractivity contribution in [1.82, 2.24) is 0 Å². The van der Waals surface area contributed by atoms with Crippen LogP contribution in [0.3, 0.4) is 0 Å². The van der Waals surface area contributed by atoms with Crippen molar-refractivity contribution in [2.24, 2.45) is 0 Å². The zero-order chi connectivity index (χ0) is 14.2. The van der Waals surface area contributed by atoms with Gasteiger partial charge in [-0.05, 0) is 56.9 Å². The predicted octanol–water partition coefficient (Wildman–Crippen LogP) is 4.46. The van der Waals surface area contributed by atoms with Gasteiger partial charge in [0.2, 0.25) is 0 Å². The third-order valence-corrected chi connectivity index (χ3v) is 3.61. The van der Waals surface area contributed by atoms with Crippen LogP contribution in [0.1, 0.15) is 43.7 Å². The summed E-state index contributed by atoms with van der Waals surface area (Å²) in [4.78, 5) is 12.8. The van der Waals surface area contributed by atoms with Gasteiger partial charge < -0.3 is 0 Å². The van der Waals surface area contributed by atoms with Crippen molar-refractivity contribution in [3.8, 4) is 0 Å². The van der Waals surface area contributed by atoms with E-state index in [-0.39, 0.29) is 5.78 Å². The maximum absolute atomic E-state index is 12.8. The Bertz CT molecular complexity index is 607. The molecular formula is C18H20O. The molecule has 0 aliphatic carbocycles. The summed E-state index contributed by atoms with van der Waals surface area (Å²) in [6.07, 6.45) is 0.